The molecule has 28 heavy (non-hydrogen) atoms. The number of hydrogen-bond donors (Lipinski definition) is 1. The number of non-ortho nitro benzene ring substituents is 1. The van der Waals surface area contributed by atoms with Crippen LogP contribution in [0.1, 0.15) is 16.7 Å². The number of nitro groups is 1. The Balaban J connectivity index is 1.89. The van der Waals surface area contributed by atoms with Gasteiger partial charge >= 0.3 is 0 Å². The van der Waals surface area contributed by atoms with E-state index in [1.807, 2.05) is 62.4 Å². The molecule has 7 nitrogen and oxygen atoms in total. The second kappa shape index (κ2) is 8.68. The molecule has 0 fully saturated rings. The van der Waals surface area contributed by atoms with Crippen LogP contribution < -0.4 is 5.43 Å². The molecule has 0 radical (unpaired) electrons. The molecule has 0 heterocycles. The molecule has 0 aliphatic carbocycles. The lowest BCUT2D eigenvalue weighted by atomic mass is 10.2. The summed E-state index contributed by atoms with van der Waals surface area (Å²) in [4.78, 5) is 10.4. The van der Waals surface area contributed by atoms with Gasteiger partial charge in [0.15, 0.2) is 0 Å². The summed E-state index contributed by atoms with van der Waals surface area (Å²) in [5.74, 6) is 0.316. The maximum Gasteiger partial charge on any atom is 0.269 e. The number of amidine groups is 1. The predicted octanol–water partition coefficient (Wildman–Crippen LogP) is 5.77. The fraction of sp³-hybridized carbons (Fsp3) is 0.0952. The molecule has 0 amide bonds. The van der Waals surface area contributed by atoms with Crippen molar-refractivity contribution in [3.8, 4) is 0 Å². The second-order valence-electron chi connectivity index (χ2n) is 6.25. The second-order valence-corrected chi connectivity index (χ2v) is 6.25. The van der Waals surface area contributed by atoms with E-state index < -0.39 is 4.92 Å². The Hall–Kier alpha value is -3.87. The number of rotatable bonds is 5. The van der Waals surface area contributed by atoms with Crippen LogP contribution in [0.4, 0.5) is 17.1 Å². The summed E-state index contributed by atoms with van der Waals surface area (Å²) in [5.41, 5.74) is 7.33. The fourth-order valence-electron chi connectivity index (χ4n) is 2.34. The first kappa shape index (κ1) is 18.9. The molecule has 0 aromatic heterocycles. The number of anilines is 1. The molecule has 3 aromatic rings. The normalized spacial score (nSPS) is 11.6. The third kappa shape index (κ3) is 5.07. The van der Waals surface area contributed by atoms with Crippen molar-refractivity contribution in [1.29, 1.82) is 0 Å². The fourth-order valence-corrected chi connectivity index (χ4v) is 2.34. The van der Waals surface area contributed by atoms with Gasteiger partial charge in [0.05, 0.1) is 16.3 Å². The Kier molecular flexibility index (Phi) is 5.86. The average Bonchev–Trinajstić information content (AvgIpc) is 2.71. The van der Waals surface area contributed by atoms with E-state index in [9.17, 15) is 10.1 Å². The van der Waals surface area contributed by atoms with Gasteiger partial charge in [0.2, 0.25) is 5.84 Å². The Bertz CT molecular complexity index is 1010. The first-order chi connectivity index (χ1) is 13.5. The smallest absolute Gasteiger partial charge is 0.269 e. The van der Waals surface area contributed by atoms with E-state index in [1.54, 1.807) is 12.1 Å². The van der Waals surface area contributed by atoms with Crippen LogP contribution in [-0.2, 0) is 0 Å². The number of hydrazone groups is 1. The summed E-state index contributed by atoms with van der Waals surface area (Å²) in [6, 6.07) is 21.4. The summed E-state index contributed by atoms with van der Waals surface area (Å²) in [5, 5.41) is 23.7. The van der Waals surface area contributed by atoms with Gasteiger partial charge in [-0.25, -0.2) is 0 Å². The molecule has 140 valence electrons. The van der Waals surface area contributed by atoms with E-state index in [0.717, 1.165) is 16.8 Å². The average molecular weight is 373 g/mol. The van der Waals surface area contributed by atoms with Crippen molar-refractivity contribution < 1.29 is 4.92 Å². The minimum absolute atomic E-state index is 0.00469. The van der Waals surface area contributed by atoms with Crippen LogP contribution in [0.3, 0.4) is 0 Å². The van der Waals surface area contributed by atoms with Crippen molar-refractivity contribution >= 4 is 22.9 Å². The summed E-state index contributed by atoms with van der Waals surface area (Å²) in [6.07, 6.45) is 0. The van der Waals surface area contributed by atoms with E-state index in [0.29, 0.717) is 17.1 Å². The van der Waals surface area contributed by atoms with E-state index >= 15 is 0 Å². The van der Waals surface area contributed by atoms with Crippen LogP contribution in [-0.4, -0.2) is 10.8 Å². The standard InChI is InChI=1S/C21H19N5O2/c1-15-3-9-18(10-4-15)22-24-21(17-7-13-20(14-8-17)26(27)28)25-23-19-11-5-16(2)6-12-19/h3-14,22H,1-2H3/b24-21+,25-23?. The molecule has 7 heteroatoms. The quantitative estimate of drug-likeness (QED) is 0.202. The molecular formula is C21H19N5O2. The first-order valence-electron chi connectivity index (χ1n) is 8.65. The molecule has 0 bridgehead atoms. The Morgan fingerprint density at radius 1 is 0.857 bits per heavy atom. The number of benzene rings is 3. The molecule has 0 saturated heterocycles. The molecule has 0 atom stereocenters. The largest absolute Gasteiger partial charge is 0.276 e. The Morgan fingerprint density at radius 3 is 2.00 bits per heavy atom. The summed E-state index contributed by atoms with van der Waals surface area (Å²) < 4.78 is 0. The summed E-state index contributed by atoms with van der Waals surface area (Å²) in [7, 11) is 0. The van der Waals surface area contributed by atoms with Crippen molar-refractivity contribution in [2.24, 2.45) is 15.3 Å². The molecule has 0 unspecified atom stereocenters. The zero-order valence-electron chi connectivity index (χ0n) is 15.5. The van der Waals surface area contributed by atoms with Crippen LogP contribution in [0.25, 0.3) is 0 Å². The summed E-state index contributed by atoms with van der Waals surface area (Å²) >= 11 is 0. The van der Waals surface area contributed by atoms with Gasteiger partial charge in [0.25, 0.3) is 5.69 Å². The molecular weight excluding hydrogens is 354 g/mol. The highest BCUT2D eigenvalue weighted by Gasteiger charge is 2.08. The van der Waals surface area contributed by atoms with Crippen LogP contribution in [0, 0.1) is 24.0 Å². The van der Waals surface area contributed by atoms with Crippen LogP contribution in [0.2, 0.25) is 0 Å². The van der Waals surface area contributed by atoms with Crippen LogP contribution in [0.5, 0.6) is 0 Å². The van der Waals surface area contributed by atoms with Crippen molar-refractivity contribution in [2.75, 3.05) is 5.43 Å². The maximum absolute atomic E-state index is 10.9. The van der Waals surface area contributed by atoms with Crippen LogP contribution >= 0.6 is 0 Å². The number of hydrogen-bond acceptors (Lipinski definition) is 5. The summed E-state index contributed by atoms with van der Waals surface area (Å²) in [6.45, 7) is 4.00. The van der Waals surface area contributed by atoms with Gasteiger partial charge in [-0.15, -0.1) is 10.2 Å². The molecule has 1 N–H and O–H groups in total. The molecule has 0 spiro atoms. The Labute approximate surface area is 162 Å². The minimum atomic E-state index is -0.445. The SMILES string of the molecule is Cc1ccc(N=N/C(=N/Nc2ccc(C)cc2)c2ccc([N+](=O)[O-])cc2)cc1. The van der Waals surface area contributed by atoms with Gasteiger partial charge in [-0.1, -0.05) is 35.4 Å². The zero-order chi connectivity index (χ0) is 19.9. The topological polar surface area (TPSA) is 92.2 Å². The number of aryl methyl sites for hydroxylation is 2. The third-order valence-electron chi connectivity index (χ3n) is 3.97. The van der Waals surface area contributed by atoms with Crippen molar-refractivity contribution in [3.05, 3.63) is 99.6 Å². The van der Waals surface area contributed by atoms with Gasteiger partial charge in [-0.2, -0.15) is 5.10 Å². The van der Waals surface area contributed by atoms with E-state index in [2.05, 4.69) is 20.8 Å². The van der Waals surface area contributed by atoms with Gasteiger partial charge in [0.1, 0.15) is 0 Å². The molecule has 3 rings (SSSR count). The molecule has 0 saturated carbocycles. The third-order valence-corrected chi connectivity index (χ3v) is 3.97. The molecule has 3 aromatic carbocycles. The highest BCUT2D eigenvalue weighted by molar-refractivity contribution is 5.99. The highest BCUT2D eigenvalue weighted by Crippen LogP contribution is 2.17. The highest BCUT2D eigenvalue weighted by atomic mass is 16.6. The lowest BCUT2D eigenvalue weighted by molar-refractivity contribution is -0.384. The van der Waals surface area contributed by atoms with Crippen molar-refractivity contribution in [3.63, 3.8) is 0 Å². The first-order valence-corrected chi connectivity index (χ1v) is 8.65. The number of nitrogens with zero attached hydrogens (tertiary/aromatic N) is 4. The lowest BCUT2D eigenvalue weighted by Crippen LogP contribution is -2.01. The lowest BCUT2D eigenvalue weighted by Gasteiger charge is -2.04. The predicted molar refractivity (Wildman–Crippen MR) is 110 cm³/mol. The monoisotopic (exact) mass is 373 g/mol. The Morgan fingerprint density at radius 2 is 1.43 bits per heavy atom. The zero-order valence-corrected chi connectivity index (χ0v) is 15.5. The van der Waals surface area contributed by atoms with Crippen molar-refractivity contribution in [2.45, 2.75) is 13.8 Å². The maximum atomic E-state index is 10.9. The minimum Gasteiger partial charge on any atom is -0.276 e. The number of nitrogens with one attached hydrogen (secondary N) is 1. The van der Waals surface area contributed by atoms with E-state index in [1.165, 1.54) is 12.1 Å². The van der Waals surface area contributed by atoms with Gasteiger partial charge in [-0.3, -0.25) is 15.5 Å². The van der Waals surface area contributed by atoms with Gasteiger partial charge < -0.3 is 0 Å². The molecule has 0 aliphatic rings. The van der Waals surface area contributed by atoms with E-state index in [-0.39, 0.29) is 5.69 Å². The van der Waals surface area contributed by atoms with Crippen LogP contribution in [0.15, 0.2) is 88.1 Å². The van der Waals surface area contributed by atoms with Crippen molar-refractivity contribution in [1.82, 2.24) is 0 Å². The van der Waals surface area contributed by atoms with Gasteiger partial charge in [0, 0.05) is 17.7 Å². The number of nitro benzene ring substituents is 1. The molecule has 0 aliphatic heterocycles. The number of azo groups is 1. The van der Waals surface area contributed by atoms with E-state index in [4.69, 9.17) is 0 Å². The van der Waals surface area contributed by atoms with Gasteiger partial charge in [-0.05, 0) is 50.2 Å².